The van der Waals surface area contributed by atoms with Gasteiger partial charge in [-0.1, -0.05) is 89.9 Å². The van der Waals surface area contributed by atoms with Gasteiger partial charge in [-0.25, -0.2) is 0 Å². The first-order chi connectivity index (χ1) is 16.5. The van der Waals surface area contributed by atoms with Crippen molar-refractivity contribution in [3.63, 3.8) is 0 Å². The average Bonchev–Trinajstić information content (AvgIpc) is 2.81. The third kappa shape index (κ3) is 13.1. The average molecular weight is 479 g/mol. The van der Waals surface area contributed by atoms with Gasteiger partial charge in [0.1, 0.15) is 0 Å². The van der Waals surface area contributed by atoms with Gasteiger partial charge >= 0.3 is 5.97 Å². The van der Waals surface area contributed by atoms with Gasteiger partial charge < -0.3 is 19.3 Å². The van der Waals surface area contributed by atoms with Gasteiger partial charge in [0.15, 0.2) is 11.5 Å². The molecule has 1 aromatic rings. The molecule has 0 unspecified atom stereocenters. The third-order valence-corrected chi connectivity index (χ3v) is 6.60. The van der Waals surface area contributed by atoms with E-state index in [1.54, 1.807) is 14.2 Å². The number of aryl methyl sites for hydroxylation is 1. The van der Waals surface area contributed by atoms with Crippen LogP contribution in [-0.2, 0) is 16.0 Å². The molecule has 0 heterocycles. The number of rotatable bonds is 21. The summed E-state index contributed by atoms with van der Waals surface area (Å²) in [6.07, 6.45) is 21.4. The minimum absolute atomic E-state index is 0.167. The number of hydrogen-bond donors (Lipinski definition) is 1. The molecule has 0 aliphatic carbocycles. The number of ether oxygens (including phenoxy) is 3. The summed E-state index contributed by atoms with van der Waals surface area (Å²) in [4.78, 5) is 10.7. The van der Waals surface area contributed by atoms with Crippen LogP contribution < -0.4 is 9.47 Å². The highest BCUT2D eigenvalue weighted by atomic mass is 16.5. The molecule has 0 aliphatic heterocycles. The molecular formula is C29H50O5. The van der Waals surface area contributed by atoms with Crippen LogP contribution in [0.1, 0.15) is 121 Å². The number of unbranched alkanes of at least 4 members (excludes halogenated alkanes) is 15. The summed E-state index contributed by atoms with van der Waals surface area (Å²) in [7, 11) is 3.16. The second kappa shape index (κ2) is 19.4. The Morgan fingerprint density at radius 2 is 1.18 bits per heavy atom. The zero-order valence-electron chi connectivity index (χ0n) is 22.4. The smallest absolute Gasteiger partial charge is 0.302 e. The van der Waals surface area contributed by atoms with Crippen LogP contribution in [0.3, 0.4) is 0 Å². The van der Waals surface area contributed by atoms with Crippen LogP contribution in [0, 0.1) is 6.92 Å². The number of carbonyl (C=O) groups excluding carboxylic acids is 1. The Labute approximate surface area is 208 Å². The largest absolute Gasteiger partial charge is 0.504 e. The maximum atomic E-state index is 10.7. The lowest BCUT2D eigenvalue weighted by Gasteiger charge is -2.15. The van der Waals surface area contributed by atoms with Crippen molar-refractivity contribution in [2.75, 3.05) is 20.8 Å². The highest BCUT2D eigenvalue weighted by molar-refractivity contribution is 5.65. The van der Waals surface area contributed by atoms with E-state index < -0.39 is 0 Å². The number of benzene rings is 1. The van der Waals surface area contributed by atoms with Gasteiger partial charge in [0, 0.05) is 12.5 Å². The molecule has 34 heavy (non-hydrogen) atoms. The van der Waals surface area contributed by atoms with E-state index in [0.717, 1.165) is 30.4 Å². The topological polar surface area (TPSA) is 65.0 Å². The van der Waals surface area contributed by atoms with E-state index in [1.807, 2.05) is 13.0 Å². The molecule has 0 aliphatic rings. The van der Waals surface area contributed by atoms with E-state index in [1.165, 1.54) is 96.8 Å². The molecule has 5 heteroatoms. The Morgan fingerprint density at radius 3 is 1.59 bits per heavy atom. The molecule has 0 spiro atoms. The van der Waals surface area contributed by atoms with Gasteiger partial charge in [-0.3, -0.25) is 4.79 Å². The van der Waals surface area contributed by atoms with Crippen molar-refractivity contribution in [3.8, 4) is 17.2 Å². The lowest BCUT2D eigenvalue weighted by Crippen LogP contribution is -2.00. The van der Waals surface area contributed by atoms with Crippen LogP contribution in [0.5, 0.6) is 17.2 Å². The standard InChI is InChI=1S/C29H50O5/c1-24-23-27(32-3)29(33-4)28(31)26(24)21-19-17-15-13-11-9-7-5-6-8-10-12-14-16-18-20-22-34-25(2)30/h23,31H,5-22H2,1-4H3. The molecule has 0 atom stereocenters. The molecule has 0 amide bonds. The second-order valence-electron chi connectivity index (χ2n) is 9.50. The fourth-order valence-corrected chi connectivity index (χ4v) is 4.55. The van der Waals surface area contributed by atoms with E-state index >= 15 is 0 Å². The van der Waals surface area contributed by atoms with Crippen LogP contribution in [0.2, 0.25) is 0 Å². The number of hydrogen-bond acceptors (Lipinski definition) is 5. The van der Waals surface area contributed by atoms with Gasteiger partial charge in [0.2, 0.25) is 5.75 Å². The van der Waals surface area contributed by atoms with Gasteiger partial charge in [0.25, 0.3) is 0 Å². The van der Waals surface area contributed by atoms with Crippen LogP contribution in [0.15, 0.2) is 6.07 Å². The fraction of sp³-hybridized carbons (Fsp3) is 0.759. The number of carbonyl (C=O) groups is 1. The highest BCUT2D eigenvalue weighted by Gasteiger charge is 2.16. The van der Waals surface area contributed by atoms with Gasteiger partial charge in [-0.15, -0.1) is 0 Å². The molecule has 1 N–H and O–H groups in total. The summed E-state index contributed by atoms with van der Waals surface area (Å²) in [6, 6.07) is 1.95. The zero-order chi connectivity index (χ0) is 25.0. The zero-order valence-corrected chi connectivity index (χ0v) is 22.4. The minimum atomic E-state index is -0.167. The normalized spacial score (nSPS) is 10.9. The van der Waals surface area contributed by atoms with Crippen molar-refractivity contribution < 1.29 is 24.1 Å². The van der Waals surface area contributed by atoms with Gasteiger partial charge in [-0.05, 0) is 37.8 Å². The Bertz CT molecular complexity index is 671. The summed E-state index contributed by atoms with van der Waals surface area (Å²) < 4.78 is 15.6. The summed E-state index contributed by atoms with van der Waals surface area (Å²) >= 11 is 0. The predicted molar refractivity (Wildman–Crippen MR) is 140 cm³/mol. The molecule has 1 aromatic carbocycles. The Balaban J connectivity index is 1.92. The lowest BCUT2D eigenvalue weighted by molar-refractivity contribution is -0.141. The van der Waals surface area contributed by atoms with E-state index in [2.05, 4.69) is 0 Å². The van der Waals surface area contributed by atoms with Crippen molar-refractivity contribution in [1.29, 1.82) is 0 Å². The van der Waals surface area contributed by atoms with E-state index in [-0.39, 0.29) is 11.7 Å². The Kier molecular flexibility index (Phi) is 17.2. The van der Waals surface area contributed by atoms with Gasteiger partial charge in [-0.2, -0.15) is 0 Å². The maximum Gasteiger partial charge on any atom is 0.302 e. The third-order valence-electron chi connectivity index (χ3n) is 6.60. The predicted octanol–water partition coefficient (Wildman–Crippen LogP) is 8.07. The number of phenolic OH excluding ortho intramolecular Hbond substituents is 1. The number of phenols is 1. The molecular weight excluding hydrogens is 428 g/mol. The molecule has 0 bridgehead atoms. The van der Waals surface area contributed by atoms with E-state index in [4.69, 9.17) is 14.2 Å². The molecule has 196 valence electrons. The number of methoxy groups -OCH3 is 2. The van der Waals surface area contributed by atoms with Crippen molar-refractivity contribution in [1.82, 2.24) is 0 Å². The van der Waals surface area contributed by atoms with Crippen LogP contribution in [0.4, 0.5) is 0 Å². The monoisotopic (exact) mass is 478 g/mol. The molecule has 1 rings (SSSR count). The van der Waals surface area contributed by atoms with Crippen LogP contribution >= 0.6 is 0 Å². The van der Waals surface area contributed by atoms with Crippen LogP contribution in [-0.4, -0.2) is 31.9 Å². The van der Waals surface area contributed by atoms with Crippen LogP contribution in [0.25, 0.3) is 0 Å². The minimum Gasteiger partial charge on any atom is -0.504 e. The van der Waals surface area contributed by atoms with Crippen molar-refractivity contribution in [2.45, 2.75) is 123 Å². The molecule has 0 saturated carbocycles. The summed E-state index contributed by atoms with van der Waals surface area (Å²) in [6.45, 7) is 4.07. The first-order valence-corrected chi connectivity index (χ1v) is 13.6. The SMILES string of the molecule is COc1cc(C)c(CCCCCCCCCCCCCCCCCCOC(C)=O)c(O)c1OC. The van der Waals surface area contributed by atoms with E-state index in [9.17, 15) is 9.90 Å². The summed E-state index contributed by atoms with van der Waals surface area (Å²) in [5.74, 6) is 1.09. The number of esters is 1. The molecule has 0 fully saturated rings. The molecule has 5 nitrogen and oxygen atoms in total. The lowest BCUT2D eigenvalue weighted by atomic mass is 9.99. The Hall–Kier alpha value is -1.91. The first-order valence-electron chi connectivity index (χ1n) is 13.6. The fourth-order valence-electron chi connectivity index (χ4n) is 4.55. The van der Waals surface area contributed by atoms with Crippen molar-refractivity contribution in [3.05, 3.63) is 17.2 Å². The number of aromatic hydroxyl groups is 1. The summed E-state index contributed by atoms with van der Waals surface area (Å²) in [5, 5.41) is 10.5. The molecule has 0 saturated heterocycles. The Morgan fingerprint density at radius 1 is 0.735 bits per heavy atom. The van der Waals surface area contributed by atoms with E-state index in [0.29, 0.717) is 18.1 Å². The maximum absolute atomic E-state index is 10.7. The quantitative estimate of drug-likeness (QED) is 0.143. The van der Waals surface area contributed by atoms with Crippen molar-refractivity contribution >= 4 is 5.97 Å². The first kappa shape index (κ1) is 30.1. The van der Waals surface area contributed by atoms with Gasteiger partial charge in [0.05, 0.1) is 20.8 Å². The summed E-state index contributed by atoms with van der Waals surface area (Å²) in [5.41, 5.74) is 2.04. The molecule has 0 radical (unpaired) electrons. The molecule has 0 aromatic heterocycles. The second-order valence-corrected chi connectivity index (χ2v) is 9.50. The highest BCUT2D eigenvalue weighted by Crippen LogP contribution is 2.41. The van der Waals surface area contributed by atoms with Crippen molar-refractivity contribution in [2.24, 2.45) is 0 Å².